The molecule has 4 N–H and O–H groups in total. The van der Waals surface area contributed by atoms with E-state index in [9.17, 15) is 19.8 Å². The molecule has 186 valence electrons. The van der Waals surface area contributed by atoms with E-state index < -0.39 is 17.6 Å². The third-order valence-corrected chi connectivity index (χ3v) is 8.82. The van der Waals surface area contributed by atoms with Gasteiger partial charge in [0.05, 0.1) is 12.2 Å². The lowest BCUT2D eigenvalue weighted by molar-refractivity contribution is -0.147. The van der Waals surface area contributed by atoms with Crippen LogP contribution >= 0.6 is 0 Å². The van der Waals surface area contributed by atoms with Crippen LogP contribution in [0.1, 0.15) is 45.6 Å². The van der Waals surface area contributed by atoms with Crippen molar-refractivity contribution in [1.29, 1.82) is 0 Å². The summed E-state index contributed by atoms with van der Waals surface area (Å²) in [6, 6.07) is 7.89. The summed E-state index contributed by atoms with van der Waals surface area (Å²) in [4.78, 5) is 31.2. The van der Waals surface area contributed by atoms with E-state index in [0.29, 0.717) is 12.8 Å². The minimum Gasteiger partial charge on any atom is -0.390 e. The van der Waals surface area contributed by atoms with Crippen molar-refractivity contribution in [3.8, 4) is 0 Å². The Hall–Kier alpha value is -2.70. The molecular formula is C29H36N2O4. The summed E-state index contributed by atoms with van der Waals surface area (Å²) in [5, 5.41) is 25.6. The first-order valence-electron chi connectivity index (χ1n) is 12.8. The second kappa shape index (κ2) is 9.07. The van der Waals surface area contributed by atoms with E-state index >= 15 is 0 Å². The van der Waals surface area contributed by atoms with Gasteiger partial charge in [-0.1, -0.05) is 55.8 Å². The smallest absolute Gasteiger partial charge is 0.235 e. The number of rotatable bonds is 2. The van der Waals surface area contributed by atoms with Gasteiger partial charge in [-0.05, 0) is 49.7 Å². The van der Waals surface area contributed by atoms with Crippen LogP contribution in [0.15, 0.2) is 54.3 Å². The lowest BCUT2D eigenvalue weighted by Gasteiger charge is -2.45. The van der Waals surface area contributed by atoms with E-state index in [0.717, 1.165) is 22.9 Å². The molecule has 1 saturated heterocycles. The molecule has 1 fully saturated rings. The van der Waals surface area contributed by atoms with Crippen molar-refractivity contribution in [3.05, 3.63) is 59.8 Å². The van der Waals surface area contributed by atoms with Gasteiger partial charge in [-0.15, -0.1) is 0 Å². The summed E-state index contributed by atoms with van der Waals surface area (Å²) in [5.41, 5.74) is 2.05. The number of aliphatic hydroxyl groups is 2. The number of fused-ring (bicyclic) bond motifs is 1. The molecule has 0 radical (unpaired) electrons. The largest absolute Gasteiger partial charge is 0.390 e. The third-order valence-electron chi connectivity index (χ3n) is 8.82. The summed E-state index contributed by atoms with van der Waals surface area (Å²) < 4.78 is 0. The molecular weight excluding hydrogens is 440 g/mol. The number of nitrogens with one attached hydrogen (secondary N) is 2. The van der Waals surface area contributed by atoms with E-state index in [1.54, 1.807) is 0 Å². The normalized spacial score (nSPS) is 38.8. The quantitative estimate of drug-likeness (QED) is 0.392. The van der Waals surface area contributed by atoms with Crippen LogP contribution in [0.4, 0.5) is 0 Å². The summed E-state index contributed by atoms with van der Waals surface area (Å²) in [5.74, 6) is -0.971. The fourth-order valence-electron chi connectivity index (χ4n) is 6.85. The number of para-hydroxylation sites is 1. The van der Waals surface area contributed by atoms with Crippen LogP contribution in [-0.2, 0) is 16.0 Å². The second-order valence-electron chi connectivity index (χ2n) is 11.0. The van der Waals surface area contributed by atoms with Crippen LogP contribution < -0.4 is 5.32 Å². The maximum atomic E-state index is 14.0. The molecule has 5 rings (SSSR count). The zero-order chi connectivity index (χ0) is 24.9. The van der Waals surface area contributed by atoms with Crippen molar-refractivity contribution in [3.63, 3.8) is 0 Å². The number of benzene rings is 1. The highest BCUT2D eigenvalue weighted by Gasteiger charge is 2.65. The first-order chi connectivity index (χ1) is 16.7. The van der Waals surface area contributed by atoms with Crippen LogP contribution in [0.25, 0.3) is 10.9 Å². The Kier molecular flexibility index (Phi) is 6.22. The Bertz CT molecular complexity index is 1200. The number of allylic oxidation sites excluding steroid dienone is 4. The molecule has 35 heavy (non-hydrogen) atoms. The highest BCUT2D eigenvalue weighted by molar-refractivity contribution is 6.09. The maximum absolute atomic E-state index is 14.0. The van der Waals surface area contributed by atoms with Crippen molar-refractivity contribution < 1.29 is 19.8 Å². The van der Waals surface area contributed by atoms with Crippen LogP contribution in [-0.4, -0.2) is 45.1 Å². The number of ketones is 1. The average Bonchev–Trinajstić information content (AvgIpc) is 3.35. The highest BCUT2D eigenvalue weighted by Crippen LogP contribution is 2.55. The van der Waals surface area contributed by atoms with Gasteiger partial charge in [0, 0.05) is 41.4 Å². The van der Waals surface area contributed by atoms with Crippen molar-refractivity contribution in [1.82, 2.24) is 10.3 Å². The molecule has 6 heteroatoms. The van der Waals surface area contributed by atoms with Gasteiger partial charge in [0.2, 0.25) is 5.91 Å². The highest BCUT2D eigenvalue weighted by atomic mass is 16.3. The monoisotopic (exact) mass is 476 g/mol. The molecule has 1 aromatic heterocycles. The van der Waals surface area contributed by atoms with Crippen LogP contribution in [0.2, 0.25) is 0 Å². The minimum absolute atomic E-state index is 0.0175. The Morgan fingerprint density at radius 2 is 1.89 bits per heavy atom. The molecule has 0 saturated carbocycles. The number of hydrogen-bond donors (Lipinski definition) is 4. The maximum Gasteiger partial charge on any atom is 0.235 e. The number of aromatic nitrogens is 1. The van der Waals surface area contributed by atoms with E-state index in [4.69, 9.17) is 0 Å². The SMILES string of the molecule is CC1=CC2/C=C/CC(C)CC(O)C(O)CC(=O)C23C(=O)NC(Cc2c[nH]c4ccccc24)C3C1C. The number of amides is 1. The van der Waals surface area contributed by atoms with Crippen LogP contribution in [0.3, 0.4) is 0 Å². The molecule has 0 bridgehead atoms. The van der Waals surface area contributed by atoms with E-state index in [-0.39, 0.29) is 47.8 Å². The number of aromatic amines is 1. The molecule has 2 heterocycles. The zero-order valence-electron chi connectivity index (χ0n) is 20.7. The fourth-order valence-corrected chi connectivity index (χ4v) is 6.85. The van der Waals surface area contributed by atoms with Crippen molar-refractivity contribution in [2.75, 3.05) is 0 Å². The zero-order valence-corrected chi connectivity index (χ0v) is 20.7. The Morgan fingerprint density at radius 1 is 1.11 bits per heavy atom. The molecule has 8 unspecified atom stereocenters. The van der Waals surface area contributed by atoms with Gasteiger partial charge in [-0.2, -0.15) is 0 Å². The lowest BCUT2D eigenvalue weighted by Crippen LogP contribution is -2.53. The van der Waals surface area contributed by atoms with Crippen molar-refractivity contribution in [2.45, 2.75) is 64.7 Å². The molecule has 1 aliphatic heterocycles. The standard InChI is InChI=1S/C29H36N2O4/c1-16-7-6-8-20-12-17(2)18(3)27-23(13-19-15-30-22-10-5-4-9-21(19)22)31-28(35)29(20,27)26(34)14-25(33)24(32)11-16/h4-6,8-10,12,15-16,18,20,23-25,27,30,32-33H,7,11,13-14H2,1-3H3,(H,31,35)/b8-6+. The van der Waals surface area contributed by atoms with Gasteiger partial charge >= 0.3 is 0 Å². The number of aliphatic hydroxyl groups excluding tert-OH is 2. The van der Waals surface area contributed by atoms with Gasteiger partial charge in [0.25, 0.3) is 0 Å². The number of carbonyl (C=O) groups excluding carboxylic acids is 2. The number of H-pyrrole nitrogens is 1. The molecule has 1 aromatic carbocycles. The Balaban J connectivity index is 1.60. The summed E-state index contributed by atoms with van der Waals surface area (Å²) in [6.45, 7) is 6.22. The predicted molar refractivity (Wildman–Crippen MR) is 135 cm³/mol. The number of hydrogen-bond acceptors (Lipinski definition) is 4. The number of Topliss-reactive ketones (excluding diaryl/α,β-unsaturated/α-hetero) is 1. The molecule has 2 aromatic rings. The first-order valence-corrected chi connectivity index (χ1v) is 12.8. The van der Waals surface area contributed by atoms with Gasteiger partial charge in [0.15, 0.2) is 5.78 Å². The second-order valence-corrected chi connectivity index (χ2v) is 11.0. The molecule has 8 atom stereocenters. The van der Waals surface area contributed by atoms with E-state index in [1.165, 1.54) is 5.57 Å². The van der Waals surface area contributed by atoms with Gasteiger partial charge in [0.1, 0.15) is 5.41 Å². The molecule has 2 aliphatic carbocycles. The minimum atomic E-state index is -1.29. The predicted octanol–water partition coefficient (Wildman–Crippen LogP) is 3.69. The van der Waals surface area contributed by atoms with Gasteiger partial charge in [-0.25, -0.2) is 0 Å². The van der Waals surface area contributed by atoms with Gasteiger partial charge < -0.3 is 20.5 Å². The van der Waals surface area contributed by atoms with Gasteiger partial charge in [-0.3, -0.25) is 9.59 Å². The fraction of sp³-hybridized carbons (Fsp3) is 0.517. The number of carbonyl (C=O) groups is 2. The van der Waals surface area contributed by atoms with Crippen molar-refractivity contribution >= 4 is 22.6 Å². The van der Waals surface area contributed by atoms with Crippen LogP contribution in [0, 0.1) is 29.1 Å². The Labute approximate surface area is 206 Å². The van der Waals surface area contributed by atoms with E-state index in [2.05, 4.69) is 36.3 Å². The molecule has 1 amide bonds. The van der Waals surface area contributed by atoms with E-state index in [1.807, 2.05) is 43.5 Å². The summed E-state index contributed by atoms with van der Waals surface area (Å²) in [6.07, 6.45) is 7.51. The molecule has 6 nitrogen and oxygen atoms in total. The van der Waals surface area contributed by atoms with Crippen LogP contribution in [0.5, 0.6) is 0 Å². The topological polar surface area (TPSA) is 102 Å². The Morgan fingerprint density at radius 3 is 2.69 bits per heavy atom. The lowest BCUT2D eigenvalue weighted by atomic mass is 9.54. The van der Waals surface area contributed by atoms with Crippen molar-refractivity contribution in [2.24, 2.45) is 29.1 Å². The summed E-state index contributed by atoms with van der Waals surface area (Å²) in [7, 11) is 0. The third kappa shape index (κ3) is 3.87. The first kappa shape index (κ1) is 24.0. The summed E-state index contributed by atoms with van der Waals surface area (Å²) >= 11 is 0. The average molecular weight is 477 g/mol. The molecule has 1 spiro atoms. The molecule has 3 aliphatic rings.